The molecule has 1 aromatic carbocycles. The summed E-state index contributed by atoms with van der Waals surface area (Å²) in [6.45, 7) is 4.41. The van der Waals surface area contributed by atoms with Crippen LogP contribution < -0.4 is 5.32 Å². The van der Waals surface area contributed by atoms with Crippen molar-refractivity contribution in [2.24, 2.45) is 5.92 Å². The zero-order valence-corrected chi connectivity index (χ0v) is 10.0. The molecular formula is C13H17NO3. The van der Waals surface area contributed by atoms with Crippen molar-refractivity contribution in [2.75, 3.05) is 6.54 Å². The SMILES string of the molecule is Cc1ccc(O)c(C2CC(C(=O)O)CN2)c1C. The largest absolute Gasteiger partial charge is 0.508 e. The van der Waals surface area contributed by atoms with Crippen molar-refractivity contribution in [3.05, 3.63) is 28.8 Å². The van der Waals surface area contributed by atoms with Crippen LogP contribution in [0, 0.1) is 19.8 Å². The van der Waals surface area contributed by atoms with Crippen LogP contribution in [-0.4, -0.2) is 22.7 Å². The fourth-order valence-corrected chi connectivity index (χ4v) is 2.41. The zero-order chi connectivity index (χ0) is 12.6. The van der Waals surface area contributed by atoms with Gasteiger partial charge in [-0.15, -0.1) is 0 Å². The normalized spacial score (nSPS) is 23.9. The van der Waals surface area contributed by atoms with Gasteiger partial charge in [0.1, 0.15) is 5.75 Å². The Hall–Kier alpha value is -1.55. The van der Waals surface area contributed by atoms with Gasteiger partial charge < -0.3 is 15.5 Å². The Kier molecular flexibility index (Phi) is 3.07. The van der Waals surface area contributed by atoms with E-state index in [0.29, 0.717) is 13.0 Å². The number of hydrogen-bond acceptors (Lipinski definition) is 3. The lowest BCUT2D eigenvalue weighted by molar-refractivity contribution is -0.141. The van der Waals surface area contributed by atoms with Gasteiger partial charge in [0.25, 0.3) is 0 Å². The van der Waals surface area contributed by atoms with Gasteiger partial charge in [-0.05, 0) is 37.5 Å². The van der Waals surface area contributed by atoms with Crippen molar-refractivity contribution in [1.82, 2.24) is 5.32 Å². The predicted molar refractivity (Wildman–Crippen MR) is 64.1 cm³/mol. The quantitative estimate of drug-likeness (QED) is 0.730. The van der Waals surface area contributed by atoms with Crippen LogP contribution in [0.2, 0.25) is 0 Å². The van der Waals surface area contributed by atoms with Gasteiger partial charge in [-0.2, -0.15) is 0 Å². The van der Waals surface area contributed by atoms with Gasteiger partial charge in [0, 0.05) is 18.2 Å². The Morgan fingerprint density at radius 1 is 1.41 bits per heavy atom. The second kappa shape index (κ2) is 4.37. The first-order chi connectivity index (χ1) is 8.00. The monoisotopic (exact) mass is 235 g/mol. The third-order valence-electron chi connectivity index (χ3n) is 3.59. The summed E-state index contributed by atoms with van der Waals surface area (Å²) in [6.07, 6.45) is 0.535. The second-order valence-electron chi connectivity index (χ2n) is 4.67. The molecule has 2 unspecified atom stereocenters. The maximum Gasteiger partial charge on any atom is 0.307 e. The zero-order valence-electron chi connectivity index (χ0n) is 10.0. The van der Waals surface area contributed by atoms with E-state index in [4.69, 9.17) is 5.11 Å². The van der Waals surface area contributed by atoms with Crippen molar-refractivity contribution in [3.8, 4) is 5.75 Å². The highest BCUT2D eigenvalue weighted by Crippen LogP contribution is 2.36. The molecule has 1 aromatic rings. The average molecular weight is 235 g/mol. The molecule has 0 aromatic heterocycles. The van der Waals surface area contributed by atoms with Crippen molar-refractivity contribution in [1.29, 1.82) is 0 Å². The molecule has 0 radical (unpaired) electrons. The highest BCUT2D eigenvalue weighted by molar-refractivity contribution is 5.71. The molecule has 1 fully saturated rings. The molecule has 2 atom stereocenters. The molecule has 4 heteroatoms. The smallest absolute Gasteiger partial charge is 0.307 e. The number of aliphatic carboxylic acids is 1. The van der Waals surface area contributed by atoms with E-state index < -0.39 is 5.97 Å². The summed E-state index contributed by atoms with van der Waals surface area (Å²) < 4.78 is 0. The highest BCUT2D eigenvalue weighted by Gasteiger charge is 2.32. The van der Waals surface area contributed by atoms with Crippen LogP contribution in [0.1, 0.15) is 29.2 Å². The third kappa shape index (κ3) is 2.13. The van der Waals surface area contributed by atoms with E-state index in [1.165, 1.54) is 0 Å². The Labute approximate surface area is 100 Å². The van der Waals surface area contributed by atoms with E-state index in [2.05, 4.69) is 5.32 Å². The molecule has 1 saturated heterocycles. The van der Waals surface area contributed by atoms with E-state index in [0.717, 1.165) is 16.7 Å². The summed E-state index contributed by atoms with van der Waals surface area (Å²) in [5.74, 6) is -0.888. The number of aryl methyl sites for hydroxylation is 1. The fourth-order valence-electron chi connectivity index (χ4n) is 2.41. The number of nitrogens with one attached hydrogen (secondary N) is 1. The molecule has 0 aliphatic carbocycles. The maximum atomic E-state index is 10.9. The number of carbonyl (C=O) groups is 1. The number of carboxylic acids is 1. The Morgan fingerprint density at radius 3 is 2.71 bits per heavy atom. The topological polar surface area (TPSA) is 69.6 Å². The number of benzene rings is 1. The van der Waals surface area contributed by atoms with Crippen molar-refractivity contribution in [3.63, 3.8) is 0 Å². The first kappa shape index (κ1) is 11.9. The van der Waals surface area contributed by atoms with Crippen molar-refractivity contribution >= 4 is 5.97 Å². The first-order valence-electron chi connectivity index (χ1n) is 5.76. The van der Waals surface area contributed by atoms with Gasteiger partial charge in [0.15, 0.2) is 0 Å². The lowest BCUT2D eigenvalue weighted by Crippen LogP contribution is -2.17. The molecule has 3 N–H and O–H groups in total. The van der Waals surface area contributed by atoms with Crippen LogP contribution in [-0.2, 0) is 4.79 Å². The van der Waals surface area contributed by atoms with Crippen LogP contribution >= 0.6 is 0 Å². The van der Waals surface area contributed by atoms with Gasteiger partial charge >= 0.3 is 5.97 Å². The molecule has 1 aliphatic rings. The predicted octanol–water partition coefficient (Wildman–Crippen LogP) is 1.74. The molecule has 1 aliphatic heterocycles. The summed E-state index contributed by atoms with van der Waals surface area (Å²) in [6, 6.07) is 3.49. The highest BCUT2D eigenvalue weighted by atomic mass is 16.4. The van der Waals surface area contributed by atoms with E-state index in [-0.39, 0.29) is 17.7 Å². The minimum Gasteiger partial charge on any atom is -0.508 e. The lowest BCUT2D eigenvalue weighted by Gasteiger charge is -2.17. The van der Waals surface area contributed by atoms with Crippen molar-refractivity contribution in [2.45, 2.75) is 26.3 Å². The summed E-state index contributed by atoms with van der Waals surface area (Å²) in [5, 5.41) is 22.1. The second-order valence-corrected chi connectivity index (χ2v) is 4.67. The first-order valence-corrected chi connectivity index (χ1v) is 5.76. The number of rotatable bonds is 2. The number of phenolic OH excluding ortho intramolecular Hbond substituents is 1. The molecule has 0 saturated carbocycles. The van der Waals surface area contributed by atoms with Gasteiger partial charge in [-0.1, -0.05) is 6.07 Å². The van der Waals surface area contributed by atoms with Crippen LogP contribution in [0.25, 0.3) is 0 Å². The van der Waals surface area contributed by atoms with Crippen LogP contribution in [0.3, 0.4) is 0 Å². The summed E-state index contributed by atoms with van der Waals surface area (Å²) in [5.41, 5.74) is 2.99. The molecule has 4 nitrogen and oxygen atoms in total. The Balaban J connectivity index is 2.30. The summed E-state index contributed by atoms with van der Waals surface area (Å²) >= 11 is 0. The van der Waals surface area contributed by atoms with Gasteiger partial charge in [0.05, 0.1) is 5.92 Å². The van der Waals surface area contributed by atoms with E-state index in [9.17, 15) is 9.90 Å². The van der Waals surface area contributed by atoms with Gasteiger partial charge in [0.2, 0.25) is 0 Å². The summed E-state index contributed by atoms with van der Waals surface area (Å²) in [4.78, 5) is 10.9. The van der Waals surface area contributed by atoms with Gasteiger partial charge in [-0.3, -0.25) is 4.79 Å². The standard InChI is InChI=1S/C13H17NO3/c1-7-3-4-11(15)12(8(7)2)10-5-9(6-14-10)13(16)17/h3-4,9-10,14-15H,5-6H2,1-2H3,(H,16,17). The third-order valence-corrected chi connectivity index (χ3v) is 3.59. The lowest BCUT2D eigenvalue weighted by atomic mass is 9.93. The fraction of sp³-hybridized carbons (Fsp3) is 0.462. The summed E-state index contributed by atoms with van der Waals surface area (Å²) in [7, 11) is 0. The van der Waals surface area contributed by atoms with E-state index in [1.807, 2.05) is 19.9 Å². The molecule has 0 bridgehead atoms. The molecule has 92 valence electrons. The van der Waals surface area contributed by atoms with Crippen LogP contribution in [0.4, 0.5) is 0 Å². The molecule has 2 rings (SSSR count). The number of aromatic hydroxyl groups is 1. The average Bonchev–Trinajstić information content (AvgIpc) is 2.73. The van der Waals surface area contributed by atoms with Gasteiger partial charge in [-0.25, -0.2) is 0 Å². The number of hydrogen-bond donors (Lipinski definition) is 3. The number of phenols is 1. The Morgan fingerprint density at radius 2 is 2.12 bits per heavy atom. The van der Waals surface area contributed by atoms with E-state index >= 15 is 0 Å². The molecule has 17 heavy (non-hydrogen) atoms. The van der Waals surface area contributed by atoms with Crippen LogP contribution in [0.5, 0.6) is 5.75 Å². The van der Waals surface area contributed by atoms with E-state index in [1.54, 1.807) is 6.07 Å². The molecule has 1 heterocycles. The molecule has 0 amide bonds. The van der Waals surface area contributed by atoms with Crippen LogP contribution in [0.15, 0.2) is 12.1 Å². The minimum atomic E-state index is -0.773. The number of carboxylic acid groups (broad SMARTS) is 1. The Bertz CT molecular complexity index is 456. The molecule has 0 spiro atoms. The molecular weight excluding hydrogens is 218 g/mol. The minimum absolute atomic E-state index is 0.0593. The maximum absolute atomic E-state index is 10.9. The van der Waals surface area contributed by atoms with Crippen molar-refractivity contribution < 1.29 is 15.0 Å².